The van der Waals surface area contributed by atoms with Crippen molar-refractivity contribution in [2.45, 2.75) is 45.5 Å². The Kier molecular flexibility index (Phi) is 5.31. The Hall–Kier alpha value is -2.31. The average molecular weight is 367 g/mol. The predicted molar refractivity (Wildman–Crippen MR) is 107 cm³/mol. The SMILES string of the molecule is CN(C(=O)OCc1ccccc1)c1ccc(B2OC(C)(C)C(C)(C)O2)cc1. The van der Waals surface area contributed by atoms with Gasteiger partial charge in [-0.1, -0.05) is 42.5 Å². The Morgan fingerprint density at radius 2 is 1.52 bits per heavy atom. The second-order valence-electron chi connectivity index (χ2n) is 7.78. The molecule has 0 saturated carbocycles. The summed E-state index contributed by atoms with van der Waals surface area (Å²) in [5.74, 6) is 0. The zero-order valence-electron chi connectivity index (χ0n) is 16.6. The summed E-state index contributed by atoms with van der Waals surface area (Å²) in [6, 6.07) is 17.2. The van der Waals surface area contributed by atoms with E-state index in [1.54, 1.807) is 7.05 Å². The molecule has 6 heteroatoms. The highest BCUT2D eigenvalue weighted by atomic mass is 16.7. The van der Waals surface area contributed by atoms with Gasteiger partial charge in [0.15, 0.2) is 0 Å². The normalized spacial score (nSPS) is 17.6. The first-order chi connectivity index (χ1) is 12.7. The second-order valence-corrected chi connectivity index (χ2v) is 7.78. The summed E-state index contributed by atoms with van der Waals surface area (Å²) in [5, 5.41) is 0. The third-order valence-corrected chi connectivity index (χ3v) is 5.28. The monoisotopic (exact) mass is 367 g/mol. The van der Waals surface area contributed by atoms with Gasteiger partial charge in [-0.2, -0.15) is 0 Å². The van der Waals surface area contributed by atoms with E-state index >= 15 is 0 Å². The van der Waals surface area contributed by atoms with Crippen molar-refractivity contribution < 1.29 is 18.8 Å². The van der Waals surface area contributed by atoms with Crippen molar-refractivity contribution in [2.24, 2.45) is 0 Å². The molecule has 27 heavy (non-hydrogen) atoms. The molecule has 1 heterocycles. The lowest BCUT2D eigenvalue weighted by molar-refractivity contribution is 0.00578. The Balaban J connectivity index is 1.62. The molecule has 1 amide bonds. The summed E-state index contributed by atoms with van der Waals surface area (Å²) in [6.45, 7) is 8.35. The van der Waals surface area contributed by atoms with E-state index in [1.807, 2.05) is 82.3 Å². The van der Waals surface area contributed by atoms with Gasteiger partial charge in [0.05, 0.1) is 11.2 Å². The molecule has 0 unspecified atom stereocenters. The number of amides is 1. The zero-order valence-corrected chi connectivity index (χ0v) is 16.6. The van der Waals surface area contributed by atoms with E-state index in [1.165, 1.54) is 4.90 Å². The van der Waals surface area contributed by atoms with Gasteiger partial charge in [-0.3, -0.25) is 4.90 Å². The van der Waals surface area contributed by atoms with Crippen LogP contribution >= 0.6 is 0 Å². The van der Waals surface area contributed by atoms with Crippen LogP contribution in [-0.4, -0.2) is 31.5 Å². The lowest BCUT2D eigenvalue weighted by atomic mass is 9.79. The van der Waals surface area contributed by atoms with Crippen molar-refractivity contribution in [3.05, 3.63) is 60.2 Å². The molecule has 0 radical (unpaired) electrons. The van der Waals surface area contributed by atoms with Gasteiger partial charge in [0.2, 0.25) is 0 Å². The van der Waals surface area contributed by atoms with Gasteiger partial charge in [-0.25, -0.2) is 4.79 Å². The minimum Gasteiger partial charge on any atom is -0.444 e. The molecular formula is C21H26BNO4. The summed E-state index contributed by atoms with van der Waals surface area (Å²) in [5.41, 5.74) is 1.86. The highest BCUT2D eigenvalue weighted by Gasteiger charge is 2.51. The van der Waals surface area contributed by atoms with Crippen molar-refractivity contribution in [3.63, 3.8) is 0 Å². The van der Waals surface area contributed by atoms with Crippen LogP contribution in [0.3, 0.4) is 0 Å². The summed E-state index contributed by atoms with van der Waals surface area (Å²) in [7, 11) is 1.27. The molecule has 0 aromatic heterocycles. The third-order valence-electron chi connectivity index (χ3n) is 5.28. The van der Waals surface area contributed by atoms with E-state index < -0.39 is 13.2 Å². The first kappa shape index (κ1) is 19.5. The Bertz CT molecular complexity index is 774. The van der Waals surface area contributed by atoms with E-state index in [0.717, 1.165) is 16.7 Å². The second kappa shape index (κ2) is 7.37. The number of carbonyl (C=O) groups excluding carboxylic acids is 1. The molecule has 0 aliphatic carbocycles. The third kappa shape index (κ3) is 4.17. The molecule has 0 bridgehead atoms. The summed E-state index contributed by atoms with van der Waals surface area (Å²) in [4.78, 5) is 13.8. The van der Waals surface area contributed by atoms with Gasteiger partial charge in [-0.05, 0) is 50.9 Å². The molecule has 2 aromatic rings. The van der Waals surface area contributed by atoms with Gasteiger partial charge >= 0.3 is 13.2 Å². The number of hydrogen-bond acceptors (Lipinski definition) is 4. The Morgan fingerprint density at radius 1 is 0.963 bits per heavy atom. The predicted octanol–water partition coefficient (Wildman–Crippen LogP) is 3.76. The number of ether oxygens (including phenoxy) is 1. The zero-order chi connectivity index (χ0) is 19.7. The van der Waals surface area contributed by atoms with Crippen LogP contribution in [0, 0.1) is 0 Å². The molecule has 1 saturated heterocycles. The van der Waals surface area contributed by atoms with Gasteiger partial charge in [0.1, 0.15) is 6.61 Å². The molecule has 1 aliphatic heterocycles. The standard InChI is InChI=1S/C21H26BNO4/c1-20(2)21(3,4)27-22(26-20)17-11-13-18(14-12-17)23(5)19(24)25-15-16-9-7-6-8-10-16/h6-14H,15H2,1-5H3. The van der Waals surface area contributed by atoms with Crippen molar-refractivity contribution in [1.29, 1.82) is 0 Å². The Morgan fingerprint density at radius 3 is 2.07 bits per heavy atom. The molecule has 2 aromatic carbocycles. The van der Waals surface area contributed by atoms with E-state index in [-0.39, 0.29) is 17.8 Å². The first-order valence-electron chi connectivity index (χ1n) is 9.10. The van der Waals surface area contributed by atoms with E-state index in [2.05, 4.69) is 0 Å². The number of rotatable bonds is 4. The van der Waals surface area contributed by atoms with Gasteiger partial charge in [-0.15, -0.1) is 0 Å². The number of anilines is 1. The van der Waals surface area contributed by atoms with Crippen molar-refractivity contribution in [2.75, 3.05) is 11.9 Å². The van der Waals surface area contributed by atoms with Crippen molar-refractivity contribution in [3.8, 4) is 0 Å². The maximum Gasteiger partial charge on any atom is 0.494 e. The summed E-state index contributed by atoms with van der Waals surface area (Å²) in [6.07, 6.45) is -0.401. The quantitative estimate of drug-likeness (QED) is 0.772. The fourth-order valence-corrected chi connectivity index (χ4v) is 2.76. The van der Waals surface area contributed by atoms with Crippen LogP contribution in [0.2, 0.25) is 0 Å². The maximum atomic E-state index is 12.3. The highest BCUT2D eigenvalue weighted by Crippen LogP contribution is 2.36. The number of carbonyl (C=O) groups is 1. The van der Waals surface area contributed by atoms with E-state index in [9.17, 15) is 4.79 Å². The minimum atomic E-state index is -0.417. The van der Waals surface area contributed by atoms with Gasteiger partial charge in [0, 0.05) is 12.7 Å². The van der Waals surface area contributed by atoms with E-state index in [4.69, 9.17) is 14.0 Å². The van der Waals surface area contributed by atoms with E-state index in [0.29, 0.717) is 0 Å². The van der Waals surface area contributed by atoms with Crippen LogP contribution in [0.5, 0.6) is 0 Å². The molecule has 5 nitrogen and oxygen atoms in total. The largest absolute Gasteiger partial charge is 0.494 e. The average Bonchev–Trinajstić information content (AvgIpc) is 2.87. The van der Waals surface area contributed by atoms with Crippen LogP contribution in [0.25, 0.3) is 0 Å². The van der Waals surface area contributed by atoms with Crippen LogP contribution in [-0.2, 0) is 20.7 Å². The first-order valence-corrected chi connectivity index (χ1v) is 9.10. The Labute approximate surface area is 161 Å². The smallest absolute Gasteiger partial charge is 0.444 e. The topological polar surface area (TPSA) is 48.0 Å². The summed E-state index contributed by atoms with van der Waals surface area (Å²) >= 11 is 0. The van der Waals surface area contributed by atoms with Gasteiger partial charge in [0.25, 0.3) is 0 Å². The maximum absolute atomic E-state index is 12.3. The minimum absolute atomic E-state index is 0.246. The fourth-order valence-electron chi connectivity index (χ4n) is 2.76. The highest BCUT2D eigenvalue weighted by molar-refractivity contribution is 6.62. The van der Waals surface area contributed by atoms with Gasteiger partial charge < -0.3 is 14.0 Å². The number of nitrogens with zero attached hydrogens (tertiary/aromatic N) is 1. The molecule has 1 fully saturated rings. The number of benzene rings is 2. The molecular weight excluding hydrogens is 341 g/mol. The molecule has 0 spiro atoms. The van der Waals surface area contributed by atoms with Crippen molar-refractivity contribution >= 4 is 24.4 Å². The molecule has 1 aliphatic rings. The van der Waals surface area contributed by atoms with Crippen LogP contribution in [0.4, 0.5) is 10.5 Å². The molecule has 3 rings (SSSR count). The van der Waals surface area contributed by atoms with Crippen LogP contribution in [0.1, 0.15) is 33.3 Å². The van der Waals surface area contributed by atoms with Crippen LogP contribution in [0.15, 0.2) is 54.6 Å². The number of hydrogen-bond donors (Lipinski definition) is 0. The fraction of sp³-hybridized carbons (Fsp3) is 0.381. The lowest BCUT2D eigenvalue weighted by Gasteiger charge is -2.32. The van der Waals surface area contributed by atoms with Crippen LogP contribution < -0.4 is 10.4 Å². The molecule has 0 atom stereocenters. The van der Waals surface area contributed by atoms with Crippen molar-refractivity contribution in [1.82, 2.24) is 0 Å². The molecule has 0 N–H and O–H groups in total. The molecule has 142 valence electrons. The lowest BCUT2D eigenvalue weighted by Crippen LogP contribution is -2.41. The summed E-state index contributed by atoms with van der Waals surface area (Å²) < 4.78 is 17.5.